The molecule has 0 fully saturated rings. The van der Waals surface area contributed by atoms with Crippen LogP contribution in [0.2, 0.25) is 0 Å². The van der Waals surface area contributed by atoms with Crippen molar-refractivity contribution in [2.75, 3.05) is 18.0 Å². The summed E-state index contributed by atoms with van der Waals surface area (Å²) in [6, 6.07) is 19.9. The number of nitrogens with two attached hydrogens (primary N) is 1. The first kappa shape index (κ1) is 23.3. The molecule has 0 saturated carbocycles. The molecule has 0 aromatic heterocycles. The van der Waals surface area contributed by atoms with E-state index in [-0.39, 0.29) is 11.7 Å². The highest BCUT2D eigenvalue weighted by Gasteiger charge is 2.16. The van der Waals surface area contributed by atoms with Gasteiger partial charge in [0.1, 0.15) is 6.61 Å². The van der Waals surface area contributed by atoms with E-state index in [1.165, 1.54) is 24.0 Å². The van der Waals surface area contributed by atoms with Crippen LogP contribution < -0.4 is 20.1 Å². The third-order valence-electron chi connectivity index (χ3n) is 5.07. The Balaban J connectivity index is 1.82. The van der Waals surface area contributed by atoms with Crippen LogP contribution in [0.15, 0.2) is 66.7 Å². The minimum absolute atomic E-state index is 0.0601. The lowest BCUT2D eigenvalue weighted by molar-refractivity contribution is -0.116. The van der Waals surface area contributed by atoms with E-state index in [9.17, 15) is 9.18 Å². The molecule has 168 valence electrons. The molecule has 5 nitrogen and oxygen atoms in total. The lowest BCUT2D eigenvalue weighted by Gasteiger charge is -2.21. The number of hydrogen-bond donors (Lipinski definition) is 1. The van der Waals surface area contributed by atoms with Gasteiger partial charge in [-0.25, -0.2) is 4.39 Å². The summed E-state index contributed by atoms with van der Waals surface area (Å²) in [6.45, 7) is 4.76. The van der Waals surface area contributed by atoms with Crippen LogP contribution in [-0.2, 0) is 17.8 Å². The number of nitrogens with zero attached hydrogens (tertiary/aromatic N) is 1. The lowest BCUT2D eigenvalue weighted by Crippen LogP contribution is -2.30. The summed E-state index contributed by atoms with van der Waals surface area (Å²) in [6.07, 6.45) is 1.47. The van der Waals surface area contributed by atoms with Gasteiger partial charge < -0.3 is 20.1 Å². The molecular weight excluding hydrogens is 407 g/mol. The fourth-order valence-corrected chi connectivity index (χ4v) is 3.28. The second kappa shape index (κ2) is 11.3. The van der Waals surface area contributed by atoms with Gasteiger partial charge >= 0.3 is 0 Å². The second-order valence-electron chi connectivity index (χ2n) is 7.44. The molecule has 0 spiro atoms. The Labute approximate surface area is 188 Å². The van der Waals surface area contributed by atoms with Crippen LogP contribution in [0.4, 0.5) is 10.1 Å². The number of carbonyl (C=O) groups excluding carboxylic acids is 1. The van der Waals surface area contributed by atoms with Crippen molar-refractivity contribution < 1.29 is 18.7 Å². The smallest absolute Gasteiger partial charge is 0.223 e. The van der Waals surface area contributed by atoms with Crippen molar-refractivity contribution in [1.29, 1.82) is 0 Å². The van der Waals surface area contributed by atoms with E-state index in [2.05, 4.69) is 6.92 Å². The maximum Gasteiger partial charge on any atom is 0.223 e. The van der Waals surface area contributed by atoms with Crippen molar-refractivity contribution in [3.63, 3.8) is 0 Å². The minimum Gasteiger partial charge on any atom is -0.485 e. The van der Waals surface area contributed by atoms with Crippen LogP contribution in [0, 0.1) is 5.82 Å². The molecule has 0 aliphatic carbocycles. The molecule has 0 aliphatic heterocycles. The number of hydrogen-bond acceptors (Lipinski definition) is 4. The van der Waals surface area contributed by atoms with Crippen molar-refractivity contribution >= 4 is 11.6 Å². The molecule has 3 aromatic rings. The van der Waals surface area contributed by atoms with Gasteiger partial charge in [0.2, 0.25) is 5.91 Å². The molecule has 0 heterocycles. The van der Waals surface area contributed by atoms with Crippen LogP contribution in [-0.4, -0.2) is 19.0 Å². The van der Waals surface area contributed by atoms with Gasteiger partial charge in [0, 0.05) is 25.2 Å². The topological polar surface area (TPSA) is 64.8 Å². The van der Waals surface area contributed by atoms with Gasteiger partial charge in [-0.2, -0.15) is 0 Å². The number of rotatable bonds is 10. The molecule has 32 heavy (non-hydrogen) atoms. The molecule has 6 heteroatoms. The zero-order valence-corrected chi connectivity index (χ0v) is 18.5. The summed E-state index contributed by atoms with van der Waals surface area (Å²) < 4.78 is 26.8. The molecular formula is C26H29FN2O3. The molecule has 0 atom stereocenters. The molecule has 3 aromatic carbocycles. The molecule has 3 rings (SSSR count). The molecule has 1 amide bonds. The Hall–Kier alpha value is -3.38. The summed E-state index contributed by atoms with van der Waals surface area (Å²) >= 11 is 0. The predicted molar refractivity (Wildman–Crippen MR) is 125 cm³/mol. The van der Waals surface area contributed by atoms with Crippen LogP contribution in [0.1, 0.15) is 31.4 Å². The van der Waals surface area contributed by atoms with Gasteiger partial charge in [-0.1, -0.05) is 43.3 Å². The SMILES string of the molecule is CCc1ccc(Oc2ccc(N(CCCN)C(C)=O)cc2F)c(OCc2ccccc2)c1. The first-order chi connectivity index (χ1) is 15.5. The third-order valence-corrected chi connectivity index (χ3v) is 5.07. The van der Waals surface area contributed by atoms with E-state index in [0.29, 0.717) is 43.3 Å². The Morgan fingerprint density at radius 3 is 2.38 bits per heavy atom. The highest BCUT2D eigenvalue weighted by Crippen LogP contribution is 2.35. The Bertz CT molecular complexity index is 1040. The monoisotopic (exact) mass is 436 g/mol. The summed E-state index contributed by atoms with van der Waals surface area (Å²) in [5.74, 6) is 0.305. The summed E-state index contributed by atoms with van der Waals surface area (Å²) in [7, 11) is 0. The van der Waals surface area contributed by atoms with E-state index < -0.39 is 5.82 Å². The largest absolute Gasteiger partial charge is 0.485 e. The average Bonchev–Trinajstić information content (AvgIpc) is 2.80. The third kappa shape index (κ3) is 6.08. The Morgan fingerprint density at radius 2 is 1.72 bits per heavy atom. The highest BCUT2D eigenvalue weighted by atomic mass is 19.1. The predicted octanol–water partition coefficient (Wildman–Crippen LogP) is 5.46. The molecule has 0 aliphatic rings. The highest BCUT2D eigenvalue weighted by molar-refractivity contribution is 5.91. The zero-order chi connectivity index (χ0) is 22.9. The molecule has 2 N–H and O–H groups in total. The normalized spacial score (nSPS) is 10.6. The van der Waals surface area contributed by atoms with Crippen molar-refractivity contribution in [2.45, 2.75) is 33.3 Å². The van der Waals surface area contributed by atoms with Crippen LogP contribution in [0.5, 0.6) is 17.2 Å². The summed E-state index contributed by atoms with van der Waals surface area (Å²) in [5, 5.41) is 0. The average molecular weight is 437 g/mol. The molecule has 0 bridgehead atoms. The summed E-state index contributed by atoms with van der Waals surface area (Å²) in [4.78, 5) is 13.5. The van der Waals surface area contributed by atoms with Crippen molar-refractivity contribution in [1.82, 2.24) is 0 Å². The van der Waals surface area contributed by atoms with Crippen LogP contribution in [0.25, 0.3) is 0 Å². The lowest BCUT2D eigenvalue weighted by atomic mass is 10.1. The van der Waals surface area contributed by atoms with Gasteiger partial charge in [-0.05, 0) is 54.8 Å². The first-order valence-electron chi connectivity index (χ1n) is 10.8. The molecule has 0 saturated heterocycles. The van der Waals surface area contributed by atoms with Gasteiger partial charge in [0.05, 0.1) is 0 Å². The Kier molecular flexibility index (Phi) is 8.22. The van der Waals surface area contributed by atoms with Crippen molar-refractivity contribution in [3.05, 3.63) is 83.7 Å². The van der Waals surface area contributed by atoms with Gasteiger partial charge in [-0.15, -0.1) is 0 Å². The number of ether oxygens (including phenoxy) is 2. The Morgan fingerprint density at radius 1 is 0.969 bits per heavy atom. The van der Waals surface area contributed by atoms with Crippen molar-refractivity contribution in [3.8, 4) is 17.2 Å². The first-order valence-corrected chi connectivity index (χ1v) is 10.8. The van der Waals surface area contributed by atoms with E-state index in [4.69, 9.17) is 15.2 Å². The maximum atomic E-state index is 14.9. The van der Waals surface area contributed by atoms with E-state index in [1.54, 1.807) is 12.1 Å². The number of halogens is 1. The fraction of sp³-hybridized carbons (Fsp3) is 0.269. The maximum absolute atomic E-state index is 14.9. The summed E-state index contributed by atoms with van der Waals surface area (Å²) in [5.41, 5.74) is 8.13. The van der Waals surface area contributed by atoms with Crippen LogP contribution in [0.3, 0.4) is 0 Å². The van der Waals surface area contributed by atoms with Gasteiger partial charge in [0.15, 0.2) is 23.1 Å². The fourth-order valence-electron chi connectivity index (χ4n) is 3.28. The van der Waals surface area contributed by atoms with Gasteiger partial charge in [0.25, 0.3) is 0 Å². The zero-order valence-electron chi connectivity index (χ0n) is 18.5. The standard InChI is InChI=1S/C26H29FN2O3/c1-3-20-10-12-25(26(16-20)31-18-21-8-5-4-6-9-21)32-24-13-11-22(17-23(24)27)29(19(2)30)15-7-14-28/h4-6,8-13,16-17H,3,7,14-15,18,28H2,1-2H3. The quantitative estimate of drug-likeness (QED) is 0.458. The van der Waals surface area contributed by atoms with Crippen molar-refractivity contribution in [2.24, 2.45) is 5.73 Å². The second-order valence-corrected chi connectivity index (χ2v) is 7.44. The number of amides is 1. The van der Waals surface area contributed by atoms with Gasteiger partial charge in [-0.3, -0.25) is 4.79 Å². The molecule has 0 radical (unpaired) electrons. The number of benzene rings is 3. The number of carbonyl (C=O) groups is 1. The minimum atomic E-state index is -0.560. The van der Waals surface area contributed by atoms with E-state index >= 15 is 0 Å². The van der Waals surface area contributed by atoms with E-state index in [0.717, 1.165) is 17.5 Å². The van der Waals surface area contributed by atoms with Crippen LogP contribution >= 0.6 is 0 Å². The number of aryl methyl sites for hydroxylation is 1. The molecule has 0 unspecified atom stereocenters. The number of anilines is 1. The van der Waals surface area contributed by atoms with E-state index in [1.807, 2.05) is 42.5 Å².